The normalized spacial score (nSPS) is 16.8. The number of rotatable bonds is 3. The molecule has 0 amide bonds. The summed E-state index contributed by atoms with van der Waals surface area (Å²) >= 11 is 0. The molecule has 1 saturated carbocycles. The van der Waals surface area contributed by atoms with Crippen LogP contribution in [0.4, 0.5) is 8.78 Å². The zero-order chi connectivity index (χ0) is 13.6. The molecule has 0 aromatic heterocycles. The summed E-state index contributed by atoms with van der Waals surface area (Å²) in [6.07, 6.45) is 1.26. The third-order valence-corrected chi connectivity index (χ3v) is 3.48. The van der Waals surface area contributed by atoms with Gasteiger partial charge in [-0.2, -0.15) is 0 Å². The van der Waals surface area contributed by atoms with Crippen LogP contribution in [0.3, 0.4) is 0 Å². The number of methoxy groups -OCH3 is 1. The molecule has 0 aliphatic heterocycles. The van der Waals surface area contributed by atoms with Crippen LogP contribution >= 0.6 is 0 Å². The molecule has 100 valence electrons. The maximum atomic E-state index is 14.1. The zero-order valence-corrected chi connectivity index (χ0v) is 11.4. The van der Waals surface area contributed by atoms with Crippen molar-refractivity contribution >= 4 is 0 Å². The highest BCUT2D eigenvalue weighted by molar-refractivity contribution is 5.43. The van der Waals surface area contributed by atoms with E-state index in [9.17, 15) is 8.78 Å². The van der Waals surface area contributed by atoms with E-state index in [0.717, 1.165) is 5.56 Å². The highest BCUT2D eigenvalue weighted by Gasteiger charge is 2.48. The molecule has 0 radical (unpaired) electrons. The van der Waals surface area contributed by atoms with Gasteiger partial charge in [0.05, 0.1) is 7.11 Å². The topological polar surface area (TPSA) is 9.23 Å². The molecule has 2 rings (SSSR count). The summed E-state index contributed by atoms with van der Waals surface area (Å²) in [6, 6.07) is 4.76. The summed E-state index contributed by atoms with van der Waals surface area (Å²) < 4.78 is 33.5. The highest BCUT2D eigenvalue weighted by atomic mass is 19.3. The number of hydrogen-bond acceptors (Lipinski definition) is 1. The van der Waals surface area contributed by atoms with E-state index in [4.69, 9.17) is 4.74 Å². The molecule has 1 aliphatic carbocycles. The van der Waals surface area contributed by atoms with E-state index >= 15 is 0 Å². The molecular formula is C15H20F2O. The third kappa shape index (κ3) is 2.36. The minimum absolute atomic E-state index is 0.121. The number of hydrogen-bond donors (Lipinski definition) is 0. The molecule has 0 atom stereocenters. The van der Waals surface area contributed by atoms with Gasteiger partial charge in [-0.15, -0.1) is 0 Å². The van der Waals surface area contributed by atoms with Crippen LogP contribution in [0.15, 0.2) is 18.2 Å². The lowest BCUT2D eigenvalue weighted by Gasteiger charge is -2.25. The van der Waals surface area contributed by atoms with E-state index in [1.54, 1.807) is 19.2 Å². The van der Waals surface area contributed by atoms with Crippen molar-refractivity contribution in [3.05, 3.63) is 29.3 Å². The van der Waals surface area contributed by atoms with E-state index in [0.29, 0.717) is 18.6 Å². The molecule has 3 heteroatoms. The minimum atomic E-state index is -2.70. The summed E-state index contributed by atoms with van der Waals surface area (Å²) in [6.45, 7) is 6.01. The summed E-state index contributed by atoms with van der Waals surface area (Å²) in [5.41, 5.74) is 0.750. The Morgan fingerprint density at radius 1 is 1.17 bits per heavy atom. The van der Waals surface area contributed by atoms with Gasteiger partial charge in [0.25, 0.3) is 5.92 Å². The van der Waals surface area contributed by atoms with Crippen molar-refractivity contribution in [2.45, 2.75) is 45.0 Å². The quantitative estimate of drug-likeness (QED) is 0.772. The SMILES string of the molecule is COc1ccc(C(F)(F)C2CC2)cc1C(C)(C)C. The predicted molar refractivity (Wildman–Crippen MR) is 68.3 cm³/mol. The van der Waals surface area contributed by atoms with Gasteiger partial charge < -0.3 is 4.74 Å². The Hall–Kier alpha value is -1.12. The lowest BCUT2D eigenvalue weighted by Crippen LogP contribution is -2.19. The third-order valence-electron chi connectivity index (χ3n) is 3.48. The van der Waals surface area contributed by atoms with Crippen molar-refractivity contribution < 1.29 is 13.5 Å². The van der Waals surface area contributed by atoms with Crippen LogP contribution < -0.4 is 4.74 Å². The van der Waals surface area contributed by atoms with Crippen LogP contribution in [0.5, 0.6) is 5.75 Å². The molecule has 18 heavy (non-hydrogen) atoms. The average Bonchev–Trinajstić information content (AvgIpc) is 3.11. The average molecular weight is 254 g/mol. The van der Waals surface area contributed by atoms with Gasteiger partial charge in [0.2, 0.25) is 0 Å². The van der Waals surface area contributed by atoms with Crippen LogP contribution in [0.2, 0.25) is 0 Å². The molecule has 1 aromatic rings. The first kappa shape index (κ1) is 13.3. The molecule has 0 bridgehead atoms. The van der Waals surface area contributed by atoms with E-state index in [2.05, 4.69) is 0 Å². The number of benzene rings is 1. The first-order chi connectivity index (χ1) is 8.26. The fraction of sp³-hybridized carbons (Fsp3) is 0.600. The van der Waals surface area contributed by atoms with Crippen LogP contribution in [0.25, 0.3) is 0 Å². The largest absolute Gasteiger partial charge is 0.496 e. The monoisotopic (exact) mass is 254 g/mol. The van der Waals surface area contributed by atoms with E-state index in [-0.39, 0.29) is 11.0 Å². The summed E-state index contributed by atoms with van der Waals surface area (Å²) in [5.74, 6) is -2.50. The maximum absolute atomic E-state index is 14.1. The molecule has 0 heterocycles. The van der Waals surface area contributed by atoms with Gasteiger partial charge in [0.1, 0.15) is 5.75 Å². The van der Waals surface area contributed by atoms with Crippen LogP contribution in [0.1, 0.15) is 44.7 Å². The van der Waals surface area contributed by atoms with Crippen molar-refractivity contribution in [1.82, 2.24) is 0 Å². The fourth-order valence-corrected chi connectivity index (χ4v) is 2.18. The first-order valence-electron chi connectivity index (χ1n) is 6.33. The van der Waals surface area contributed by atoms with Crippen molar-refractivity contribution in [3.63, 3.8) is 0 Å². The number of ether oxygens (including phenoxy) is 1. The molecule has 1 aliphatic rings. The fourth-order valence-electron chi connectivity index (χ4n) is 2.18. The molecular weight excluding hydrogens is 234 g/mol. The Morgan fingerprint density at radius 3 is 2.22 bits per heavy atom. The Kier molecular flexibility index (Phi) is 3.12. The second-order valence-electron chi connectivity index (χ2n) is 6.06. The zero-order valence-electron chi connectivity index (χ0n) is 11.4. The van der Waals surface area contributed by atoms with Crippen molar-refractivity contribution in [2.24, 2.45) is 5.92 Å². The molecule has 1 nitrogen and oxygen atoms in total. The lowest BCUT2D eigenvalue weighted by atomic mass is 9.84. The van der Waals surface area contributed by atoms with Crippen molar-refractivity contribution in [1.29, 1.82) is 0 Å². The maximum Gasteiger partial charge on any atom is 0.276 e. The highest BCUT2D eigenvalue weighted by Crippen LogP contribution is 2.50. The number of alkyl halides is 2. The van der Waals surface area contributed by atoms with Crippen molar-refractivity contribution in [3.8, 4) is 5.75 Å². The van der Waals surface area contributed by atoms with Crippen LogP contribution in [0, 0.1) is 5.92 Å². The first-order valence-corrected chi connectivity index (χ1v) is 6.33. The smallest absolute Gasteiger partial charge is 0.276 e. The summed E-state index contributed by atoms with van der Waals surface area (Å²) in [7, 11) is 1.57. The second kappa shape index (κ2) is 4.22. The van der Waals surface area contributed by atoms with E-state index in [1.165, 1.54) is 6.07 Å². The minimum Gasteiger partial charge on any atom is -0.496 e. The van der Waals surface area contributed by atoms with E-state index < -0.39 is 11.8 Å². The number of halogens is 2. The van der Waals surface area contributed by atoms with Gasteiger partial charge in [0.15, 0.2) is 0 Å². The van der Waals surface area contributed by atoms with Crippen molar-refractivity contribution in [2.75, 3.05) is 7.11 Å². The van der Waals surface area contributed by atoms with E-state index in [1.807, 2.05) is 20.8 Å². The van der Waals surface area contributed by atoms with Gasteiger partial charge in [0, 0.05) is 11.5 Å². The standard InChI is InChI=1S/C15H20F2O/c1-14(2,3)12-9-11(7-8-13(12)18-4)15(16,17)10-5-6-10/h7-10H,5-6H2,1-4H3. The predicted octanol–water partition coefficient (Wildman–Crippen LogP) is 4.49. The Labute approximate surface area is 107 Å². The summed E-state index contributed by atoms with van der Waals surface area (Å²) in [4.78, 5) is 0. The van der Waals surface area contributed by atoms with Gasteiger partial charge >= 0.3 is 0 Å². The molecule has 0 saturated heterocycles. The van der Waals surface area contributed by atoms with Gasteiger partial charge in [-0.25, -0.2) is 8.78 Å². The Morgan fingerprint density at radius 2 is 1.78 bits per heavy atom. The summed E-state index contributed by atoms with van der Waals surface area (Å²) in [5, 5.41) is 0. The molecule has 0 unspecified atom stereocenters. The molecule has 0 spiro atoms. The molecule has 1 fully saturated rings. The Bertz CT molecular complexity index is 442. The lowest BCUT2D eigenvalue weighted by molar-refractivity contribution is -0.0286. The van der Waals surface area contributed by atoms with Gasteiger partial charge in [-0.1, -0.05) is 20.8 Å². The Balaban J connectivity index is 2.46. The van der Waals surface area contributed by atoms with Crippen LogP contribution in [-0.2, 0) is 11.3 Å². The molecule has 0 N–H and O–H groups in total. The van der Waals surface area contributed by atoms with Crippen LogP contribution in [-0.4, -0.2) is 7.11 Å². The van der Waals surface area contributed by atoms with Gasteiger partial charge in [-0.3, -0.25) is 0 Å². The molecule has 1 aromatic carbocycles. The van der Waals surface area contributed by atoms with Gasteiger partial charge in [-0.05, 0) is 42.0 Å². The second-order valence-corrected chi connectivity index (χ2v) is 6.06.